The van der Waals surface area contributed by atoms with Crippen LogP contribution in [0.25, 0.3) is 0 Å². The Labute approximate surface area is 119 Å². The van der Waals surface area contributed by atoms with Crippen molar-refractivity contribution in [2.75, 3.05) is 13.1 Å². The van der Waals surface area contributed by atoms with Crippen molar-refractivity contribution in [2.24, 2.45) is 0 Å². The molecular formula is C15H21N3O2. The first-order valence-corrected chi connectivity index (χ1v) is 7.26. The molecule has 2 fully saturated rings. The molecule has 0 saturated carbocycles. The fourth-order valence-electron chi connectivity index (χ4n) is 3.05. The summed E-state index contributed by atoms with van der Waals surface area (Å²) < 4.78 is 6.03. The van der Waals surface area contributed by atoms with E-state index in [1.807, 2.05) is 29.4 Å². The minimum atomic E-state index is 0.170. The van der Waals surface area contributed by atoms with E-state index < -0.39 is 0 Å². The Morgan fingerprint density at radius 3 is 2.95 bits per heavy atom. The molecule has 1 N–H and O–H groups in total. The number of hydrogen-bond donors (Lipinski definition) is 1. The molecule has 0 unspecified atom stereocenters. The lowest BCUT2D eigenvalue weighted by atomic mass is 9.89. The van der Waals surface area contributed by atoms with E-state index in [-0.39, 0.29) is 18.1 Å². The van der Waals surface area contributed by atoms with Gasteiger partial charge in [-0.1, -0.05) is 0 Å². The second-order valence-corrected chi connectivity index (χ2v) is 5.60. The van der Waals surface area contributed by atoms with Crippen molar-refractivity contribution >= 4 is 5.91 Å². The number of rotatable bonds is 4. The van der Waals surface area contributed by atoms with E-state index in [4.69, 9.17) is 4.74 Å². The van der Waals surface area contributed by atoms with E-state index in [0.29, 0.717) is 6.04 Å². The summed E-state index contributed by atoms with van der Waals surface area (Å²) >= 11 is 0. The van der Waals surface area contributed by atoms with Crippen LogP contribution in [0.5, 0.6) is 0 Å². The zero-order valence-electron chi connectivity index (χ0n) is 11.8. The van der Waals surface area contributed by atoms with Gasteiger partial charge in [-0.3, -0.25) is 9.78 Å². The van der Waals surface area contributed by atoms with Gasteiger partial charge in [0.25, 0.3) is 0 Å². The molecule has 2 aliphatic heterocycles. The van der Waals surface area contributed by atoms with Gasteiger partial charge in [0.2, 0.25) is 5.91 Å². The summed E-state index contributed by atoms with van der Waals surface area (Å²) in [5.41, 5.74) is 1.24. The Hall–Kier alpha value is -1.46. The molecule has 20 heavy (non-hydrogen) atoms. The number of nitrogens with one attached hydrogen (secondary N) is 1. The number of aromatic nitrogens is 1. The third-order valence-corrected chi connectivity index (χ3v) is 4.21. The van der Waals surface area contributed by atoms with Crippen molar-refractivity contribution in [3.63, 3.8) is 0 Å². The lowest BCUT2D eigenvalue weighted by Gasteiger charge is -2.51. The van der Waals surface area contributed by atoms with Crippen LogP contribution in [0.1, 0.15) is 25.3 Å². The molecule has 0 radical (unpaired) electrons. The largest absolute Gasteiger partial charge is 0.370 e. The Bertz CT molecular complexity index is 465. The fraction of sp³-hybridized carbons (Fsp3) is 0.600. The minimum absolute atomic E-state index is 0.170. The monoisotopic (exact) mass is 275 g/mol. The first-order chi connectivity index (χ1) is 9.74. The Morgan fingerprint density at radius 1 is 1.45 bits per heavy atom. The van der Waals surface area contributed by atoms with E-state index in [1.54, 1.807) is 6.92 Å². The third-order valence-electron chi connectivity index (χ3n) is 4.21. The van der Waals surface area contributed by atoms with Gasteiger partial charge in [0.05, 0.1) is 18.2 Å². The zero-order chi connectivity index (χ0) is 13.9. The van der Waals surface area contributed by atoms with E-state index in [1.165, 1.54) is 5.56 Å². The van der Waals surface area contributed by atoms with Gasteiger partial charge in [0.15, 0.2) is 0 Å². The Kier molecular flexibility index (Phi) is 3.98. The highest BCUT2D eigenvalue weighted by Crippen LogP contribution is 2.31. The van der Waals surface area contributed by atoms with E-state index in [0.717, 1.165) is 32.5 Å². The molecule has 3 rings (SSSR count). The van der Waals surface area contributed by atoms with Crippen LogP contribution in [-0.2, 0) is 16.1 Å². The van der Waals surface area contributed by atoms with Crippen LogP contribution in [0.15, 0.2) is 24.5 Å². The lowest BCUT2D eigenvalue weighted by Crippen LogP contribution is -2.65. The van der Waals surface area contributed by atoms with Crippen molar-refractivity contribution in [1.82, 2.24) is 15.2 Å². The van der Waals surface area contributed by atoms with Gasteiger partial charge in [-0.05, 0) is 30.5 Å². The topological polar surface area (TPSA) is 54.5 Å². The standard InChI is InChI=1S/C15H21N3O2/c1-11(19)18-10-15-14(18)3-2-13(20-15)9-17-8-12-4-6-16-7-5-12/h4-7,13-15,17H,2-3,8-10H2,1H3/t13-,14-,15-/m1/s1. The lowest BCUT2D eigenvalue weighted by molar-refractivity contribution is -0.179. The summed E-state index contributed by atoms with van der Waals surface area (Å²) in [6.45, 7) is 4.11. The zero-order valence-corrected chi connectivity index (χ0v) is 11.8. The molecule has 3 heterocycles. The minimum Gasteiger partial charge on any atom is -0.370 e. The van der Waals surface area contributed by atoms with E-state index >= 15 is 0 Å². The predicted octanol–water partition coefficient (Wildman–Crippen LogP) is 0.949. The number of amides is 1. The summed E-state index contributed by atoms with van der Waals surface area (Å²) in [6, 6.07) is 4.35. The van der Waals surface area contributed by atoms with Crippen molar-refractivity contribution < 1.29 is 9.53 Å². The molecule has 0 spiro atoms. The molecule has 5 heteroatoms. The number of likely N-dealkylation sites (tertiary alicyclic amines) is 1. The maximum absolute atomic E-state index is 11.3. The van der Waals surface area contributed by atoms with Gasteiger partial charge >= 0.3 is 0 Å². The van der Waals surface area contributed by atoms with Gasteiger partial charge < -0.3 is 15.0 Å². The smallest absolute Gasteiger partial charge is 0.219 e. The van der Waals surface area contributed by atoms with Gasteiger partial charge in [-0.15, -0.1) is 0 Å². The fourth-order valence-corrected chi connectivity index (χ4v) is 3.05. The molecule has 1 amide bonds. The van der Waals surface area contributed by atoms with Gasteiger partial charge in [0, 0.05) is 39.0 Å². The SMILES string of the molecule is CC(=O)N1C[C@H]2O[C@@H](CNCc3ccncc3)CC[C@H]21. The number of nitrogens with zero attached hydrogens (tertiary/aromatic N) is 2. The molecule has 2 aliphatic rings. The first-order valence-electron chi connectivity index (χ1n) is 7.26. The highest BCUT2D eigenvalue weighted by Gasteiger charge is 2.45. The Balaban J connectivity index is 1.40. The van der Waals surface area contributed by atoms with Crippen molar-refractivity contribution in [3.8, 4) is 0 Å². The number of pyridine rings is 1. The van der Waals surface area contributed by atoms with Crippen molar-refractivity contribution in [2.45, 2.75) is 44.6 Å². The molecule has 5 nitrogen and oxygen atoms in total. The molecule has 3 atom stereocenters. The van der Waals surface area contributed by atoms with Crippen LogP contribution in [0, 0.1) is 0 Å². The normalized spacial score (nSPS) is 28.6. The number of carbonyl (C=O) groups excluding carboxylic acids is 1. The number of fused-ring (bicyclic) bond motifs is 1. The summed E-state index contributed by atoms with van der Waals surface area (Å²) in [7, 11) is 0. The van der Waals surface area contributed by atoms with Gasteiger partial charge in [0.1, 0.15) is 0 Å². The van der Waals surface area contributed by atoms with Crippen LogP contribution in [0.2, 0.25) is 0 Å². The maximum atomic E-state index is 11.3. The molecule has 0 aliphatic carbocycles. The molecule has 0 aromatic carbocycles. The molecule has 0 bridgehead atoms. The van der Waals surface area contributed by atoms with Gasteiger partial charge in [-0.25, -0.2) is 0 Å². The van der Waals surface area contributed by atoms with Crippen molar-refractivity contribution in [1.29, 1.82) is 0 Å². The van der Waals surface area contributed by atoms with Crippen LogP contribution >= 0.6 is 0 Å². The van der Waals surface area contributed by atoms with Crippen LogP contribution in [0.4, 0.5) is 0 Å². The molecule has 1 aromatic heterocycles. The number of carbonyl (C=O) groups is 1. The third kappa shape index (κ3) is 2.83. The summed E-state index contributed by atoms with van der Waals surface area (Å²) in [5.74, 6) is 0.170. The first kappa shape index (κ1) is 13.5. The van der Waals surface area contributed by atoms with Crippen LogP contribution < -0.4 is 5.32 Å². The summed E-state index contributed by atoms with van der Waals surface area (Å²) in [6.07, 6.45) is 6.22. The average Bonchev–Trinajstić information content (AvgIpc) is 2.42. The van der Waals surface area contributed by atoms with E-state index in [9.17, 15) is 4.79 Å². The van der Waals surface area contributed by atoms with Gasteiger partial charge in [-0.2, -0.15) is 0 Å². The Morgan fingerprint density at radius 2 is 2.25 bits per heavy atom. The maximum Gasteiger partial charge on any atom is 0.219 e. The van der Waals surface area contributed by atoms with Crippen LogP contribution in [0.3, 0.4) is 0 Å². The summed E-state index contributed by atoms with van der Waals surface area (Å²) in [5, 5.41) is 3.43. The van der Waals surface area contributed by atoms with Crippen molar-refractivity contribution in [3.05, 3.63) is 30.1 Å². The number of ether oxygens (including phenoxy) is 1. The second-order valence-electron chi connectivity index (χ2n) is 5.60. The highest BCUT2D eigenvalue weighted by molar-refractivity contribution is 5.74. The highest BCUT2D eigenvalue weighted by atomic mass is 16.5. The molecule has 2 saturated heterocycles. The van der Waals surface area contributed by atoms with Crippen LogP contribution in [-0.4, -0.2) is 47.1 Å². The molecule has 1 aromatic rings. The quantitative estimate of drug-likeness (QED) is 0.889. The number of hydrogen-bond acceptors (Lipinski definition) is 4. The predicted molar refractivity (Wildman–Crippen MR) is 75.0 cm³/mol. The second kappa shape index (κ2) is 5.89. The molecular weight excluding hydrogens is 254 g/mol. The van der Waals surface area contributed by atoms with E-state index in [2.05, 4.69) is 10.3 Å². The molecule has 108 valence electrons. The average molecular weight is 275 g/mol. The summed E-state index contributed by atoms with van der Waals surface area (Å²) in [4.78, 5) is 17.3.